The van der Waals surface area contributed by atoms with E-state index in [-0.39, 0.29) is 25.4 Å². The van der Waals surface area contributed by atoms with Gasteiger partial charge in [-0.2, -0.15) is 0 Å². The SMILES string of the molecule is CC(C)(C)OC(=O)NCCC(=O)OCC(=O)c1cccs1. The van der Waals surface area contributed by atoms with Crippen molar-refractivity contribution in [3.05, 3.63) is 22.4 Å². The van der Waals surface area contributed by atoms with Crippen molar-refractivity contribution in [1.82, 2.24) is 5.32 Å². The second-order valence-electron chi connectivity index (χ2n) is 5.24. The molecule has 0 saturated heterocycles. The first kappa shape index (κ1) is 17.2. The van der Waals surface area contributed by atoms with Gasteiger partial charge in [-0.3, -0.25) is 9.59 Å². The number of Topliss-reactive ketones (excluding diaryl/α,β-unsaturated/α-hetero) is 1. The van der Waals surface area contributed by atoms with Crippen LogP contribution in [-0.2, 0) is 14.3 Å². The van der Waals surface area contributed by atoms with Gasteiger partial charge < -0.3 is 14.8 Å². The molecule has 0 atom stereocenters. The summed E-state index contributed by atoms with van der Waals surface area (Å²) in [5.74, 6) is -0.783. The molecular formula is C14H19NO5S. The third-order valence-corrected chi connectivity index (χ3v) is 3.07. The summed E-state index contributed by atoms with van der Waals surface area (Å²) in [5.41, 5.74) is -0.586. The van der Waals surface area contributed by atoms with Gasteiger partial charge in [0.25, 0.3) is 0 Å². The maximum atomic E-state index is 11.6. The standard InChI is InChI=1S/C14H19NO5S/c1-14(2,3)20-13(18)15-7-6-12(17)19-9-10(16)11-5-4-8-21-11/h4-5,8H,6-7,9H2,1-3H3,(H,15,18). The van der Waals surface area contributed by atoms with Gasteiger partial charge >= 0.3 is 12.1 Å². The third kappa shape index (κ3) is 7.45. The average Bonchev–Trinajstić information content (AvgIpc) is 2.87. The van der Waals surface area contributed by atoms with E-state index in [2.05, 4.69) is 5.32 Å². The van der Waals surface area contributed by atoms with Crippen molar-refractivity contribution in [2.24, 2.45) is 0 Å². The molecule has 116 valence electrons. The zero-order valence-electron chi connectivity index (χ0n) is 12.3. The van der Waals surface area contributed by atoms with Crippen molar-refractivity contribution in [3.8, 4) is 0 Å². The normalized spacial score (nSPS) is 10.8. The molecule has 0 aliphatic carbocycles. The zero-order valence-corrected chi connectivity index (χ0v) is 13.1. The molecule has 6 nitrogen and oxygen atoms in total. The number of hydrogen-bond acceptors (Lipinski definition) is 6. The van der Waals surface area contributed by atoms with Gasteiger partial charge in [0.1, 0.15) is 5.60 Å². The highest BCUT2D eigenvalue weighted by Crippen LogP contribution is 2.09. The van der Waals surface area contributed by atoms with Crippen LogP contribution in [0, 0.1) is 0 Å². The molecular weight excluding hydrogens is 294 g/mol. The minimum Gasteiger partial charge on any atom is -0.457 e. The van der Waals surface area contributed by atoms with Crippen LogP contribution in [0.4, 0.5) is 4.79 Å². The molecule has 1 aromatic heterocycles. The Morgan fingerprint density at radius 1 is 1.29 bits per heavy atom. The number of ether oxygens (including phenoxy) is 2. The first-order chi connectivity index (χ1) is 9.78. The van der Waals surface area contributed by atoms with Crippen LogP contribution < -0.4 is 5.32 Å². The Morgan fingerprint density at radius 2 is 2.00 bits per heavy atom. The number of hydrogen-bond donors (Lipinski definition) is 1. The number of esters is 1. The third-order valence-electron chi connectivity index (χ3n) is 2.16. The fraction of sp³-hybridized carbons (Fsp3) is 0.500. The van der Waals surface area contributed by atoms with Crippen LogP contribution >= 0.6 is 11.3 Å². The molecule has 1 N–H and O–H groups in total. The monoisotopic (exact) mass is 313 g/mol. The number of alkyl carbamates (subject to hydrolysis) is 1. The fourth-order valence-corrected chi connectivity index (χ4v) is 1.96. The molecule has 7 heteroatoms. The topological polar surface area (TPSA) is 81.7 Å². The van der Waals surface area contributed by atoms with E-state index in [1.54, 1.807) is 38.3 Å². The lowest BCUT2D eigenvalue weighted by Gasteiger charge is -2.19. The lowest BCUT2D eigenvalue weighted by Crippen LogP contribution is -2.33. The predicted molar refractivity (Wildman–Crippen MR) is 78.5 cm³/mol. The Morgan fingerprint density at radius 3 is 2.57 bits per heavy atom. The van der Waals surface area contributed by atoms with Gasteiger partial charge in [0, 0.05) is 6.54 Å². The molecule has 0 aromatic carbocycles. The largest absolute Gasteiger partial charge is 0.457 e. The van der Waals surface area contributed by atoms with Gasteiger partial charge in [-0.25, -0.2) is 4.79 Å². The zero-order chi connectivity index (χ0) is 15.9. The highest BCUT2D eigenvalue weighted by molar-refractivity contribution is 7.12. The predicted octanol–water partition coefficient (Wildman–Crippen LogP) is 2.39. The number of nitrogens with one attached hydrogen (secondary N) is 1. The molecule has 0 saturated carbocycles. The Kier molecular flexibility index (Phi) is 6.36. The molecule has 1 heterocycles. The van der Waals surface area contributed by atoms with E-state index in [1.165, 1.54) is 11.3 Å². The lowest BCUT2D eigenvalue weighted by atomic mass is 10.2. The Balaban J connectivity index is 2.17. The van der Waals surface area contributed by atoms with Gasteiger partial charge in [0.15, 0.2) is 6.61 Å². The van der Waals surface area contributed by atoms with Crippen LogP contribution in [0.25, 0.3) is 0 Å². The number of ketones is 1. The minimum absolute atomic E-state index is 0.0169. The van der Waals surface area contributed by atoms with Crippen molar-refractivity contribution < 1.29 is 23.9 Å². The molecule has 21 heavy (non-hydrogen) atoms. The summed E-state index contributed by atoms with van der Waals surface area (Å²) in [6, 6.07) is 3.43. The summed E-state index contributed by atoms with van der Waals surface area (Å²) in [6.07, 6.45) is -0.610. The van der Waals surface area contributed by atoms with Crippen LogP contribution in [0.3, 0.4) is 0 Å². The van der Waals surface area contributed by atoms with Gasteiger partial charge in [-0.15, -0.1) is 11.3 Å². The molecule has 1 aromatic rings. The fourth-order valence-electron chi connectivity index (χ4n) is 1.31. The summed E-state index contributed by atoms with van der Waals surface area (Å²) < 4.78 is 9.85. The molecule has 0 unspecified atom stereocenters. The van der Waals surface area contributed by atoms with Crippen LogP contribution in [0.15, 0.2) is 17.5 Å². The van der Waals surface area contributed by atoms with Gasteiger partial charge in [0.05, 0.1) is 11.3 Å². The number of thiophene rings is 1. The van der Waals surface area contributed by atoms with Crippen LogP contribution in [0.2, 0.25) is 0 Å². The highest BCUT2D eigenvalue weighted by Gasteiger charge is 2.16. The maximum absolute atomic E-state index is 11.6. The van der Waals surface area contributed by atoms with Crippen molar-refractivity contribution in [2.45, 2.75) is 32.8 Å². The van der Waals surface area contributed by atoms with E-state index >= 15 is 0 Å². The summed E-state index contributed by atoms with van der Waals surface area (Å²) in [4.78, 5) is 34.9. The molecule has 0 aliphatic rings. The van der Waals surface area contributed by atoms with E-state index in [4.69, 9.17) is 9.47 Å². The average molecular weight is 313 g/mol. The summed E-state index contributed by atoms with van der Waals surface area (Å²) >= 11 is 1.30. The highest BCUT2D eigenvalue weighted by atomic mass is 32.1. The quantitative estimate of drug-likeness (QED) is 0.644. The van der Waals surface area contributed by atoms with Crippen molar-refractivity contribution in [1.29, 1.82) is 0 Å². The molecule has 0 bridgehead atoms. The number of carbonyl (C=O) groups is 3. The second-order valence-corrected chi connectivity index (χ2v) is 6.19. The van der Waals surface area contributed by atoms with E-state index < -0.39 is 17.7 Å². The van der Waals surface area contributed by atoms with Crippen molar-refractivity contribution in [2.75, 3.05) is 13.2 Å². The Hall–Kier alpha value is -1.89. The second kappa shape index (κ2) is 7.78. The number of carbonyl (C=O) groups excluding carboxylic acids is 3. The maximum Gasteiger partial charge on any atom is 0.407 e. The number of rotatable bonds is 6. The molecule has 1 rings (SSSR count). The molecule has 0 aliphatic heterocycles. The van der Waals surface area contributed by atoms with Crippen molar-refractivity contribution >= 4 is 29.2 Å². The van der Waals surface area contributed by atoms with Gasteiger partial charge in [-0.05, 0) is 32.2 Å². The molecule has 1 amide bonds. The van der Waals surface area contributed by atoms with Gasteiger partial charge in [-0.1, -0.05) is 6.07 Å². The van der Waals surface area contributed by atoms with Crippen LogP contribution in [0.1, 0.15) is 36.9 Å². The Labute approximate surface area is 127 Å². The van der Waals surface area contributed by atoms with E-state index in [0.717, 1.165) is 0 Å². The van der Waals surface area contributed by atoms with Gasteiger partial charge in [0.2, 0.25) is 5.78 Å². The number of amides is 1. The summed E-state index contributed by atoms with van der Waals surface area (Å²) in [6.45, 7) is 5.05. The Bertz CT molecular complexity index is 490. The first-order valence-electron chi connectivity index (χ1n) is 6.47. The van der Waals surface area contributed by atoms with Crippen molar-refractivity contribution in [3.63, 3.8) is 0 Å². The minimum atomic E-state index is -0.593. The molecule has 0 spiro atoms. The van der Waals surface area contributed by atoms with E-state index in [1.807, 2.05) is 0 Å². The molecule has 0 fully saturated rings. The van der Waals surface area contributed by atoms with E-state index in [9.17, 15) is 14.4 Å². The first-order valence-corrected chi connectivity index (χ1v) is 7.35. The summed E-state index contributed by atoms with van der Waals surface area (Å²) in [5, 5.41) is 4.22. The summed E-state index contributed by atoms with van der Waals surface area (Å²) in [7, 11) is 0. The van der Waals surface area contributed by atoms with Crippen LogP contribution in [0.5, 0.6) is 0 Å². The van der Waals surface area contributed by atoms with Crippen LogP contribution in [-0.4, -0.2) is 36.6 Å². The lowest BCUT2D eigenvalue weighted by molar-refractivity contribution is -0.142. The smallest absolute Gasteiger partial charge is 0.407 e. The molecule has 0 radical (unpaired) electrons. The van der Waals surface area contributed by atoms with E-state index in [0.29, 0.717) is 4.88 Å².